The summed E-state index contributed by atoms with van der Waals surface area (Å²) in [5.41, 5.74) is 13.1. The van der Waals surface area contributed by atoms with Gasteiger partial charge in [0.2, 0.25) is 0 Å². The number of carbonyl (C=O) groups excluding carboxylic acids is 1. The van der Waals surface area contributed by atoms with Crippen LogP contribution in [0.1, 0.15) is 32.8 Å². The van der Waals surface area contributed by atoms with Gasteiger partial charge in [-0.15, -0.1) is 0 Å². The number of nitrogens with zero attached hydrogens (tertiary/aromatic N) is 1. The maximum absolute atomic E-state index is 12.1. The van der Waals surface area contributed by atoms with Crippen LogP contribution in [0, 0.1) is 0 Å². The SMILES string of the molecule is Nc1ccc(Br)cc1C(=O)c1ccccc1.Nc1ccc(Br)cc1C(O)(c1ccccc1)c1ccnc(=O)o1. The molecular weight excluding hydrogens is 626 g/mol. The summed E-state index contributed by atoms with van der Waals surface area (Å²) in [5.74, 6) is -0.793. The molecule has 0 amide bonds. The zero-order valence-electron chi connectivity index (χ0n) is 20.4. The first-order valence-corrected chi connectivity index (χ1v) is 13.2. The molecule has 5 rings (SSSR count). The Hall–Kier alpha value is -4.05. The number of carbonyl (C=O) groups is 1. The highest BCUT2D eigenvalue weighted by atomic mass is 79.9. The molecule has 4 aromatic carbocycles. The van der Waals surface area contributed by atoms with Crippen molar-refractivity contribution < 1.29 is 14.3 Å². The van der Waals surface area contributed by atoms with Crippen LogP contribution in [0.4, 0.5) is 11.4 Å². The lowest BCUT2D eigenvalue weighted by atomic mass is 9.83. The van der Waals surface area contributed by atoms with Crippen LogP contribution in [0.2, 0.25) is 0 Å². The summed E-state index contributed by atoms with van der Waals surface area (Å²) >= 11 is 6.71. The second-order valence-electron chi connectivity index (χ2n) is 8.41. The number of nitrogens with two attached hydrogens (primary N) is 2. The molecule has 5 N–H and O–H groups in total. The van der Waals surface area contributed by atoms with E-state index in [1.54, 1.807) is 66.7 Å². The number of aliphatic hydroxyl groups is 1. The van der Waals surface area contributed by atoms with Gasteiger partial charge in [-0.2, -0.15) is 4.98 Å². The summed E-state index contributed by atoms with van der Waals surface area (Å²) in [6, 6.07) is 29.9. The van der Waals surface area contributed by atoms with E-state index < -0.39 is 11.4 Å². The Bertz CT molecular complexity index is 1660. The van der Waals surface area contributed by atoms with Crippen molar-refractivity contribution in [1.82, 2.24) is 4.98 Å². The minimum absolute atomic E-state index is 0.0495. The molecule has 1 heterocycles. The number of rotatable bonds is 5. The molecule has 7 nitrogen and oxygen atoms in total. The molecule has 1 aromatic heterocycles. The van der Waals surface area contributed by atoms with Crippen molar-refractivity contribution >= 4 is 49.0 Å². The van der Waals surface area contributed by atoms with Crippen molar-refractivity contribution in [3.63, 3.8) is 0 Å². The number of anilines is 2. The fourth-order valence-corrected chi connectivity index (χ4v) is 4.66. The summed E-state index contributed by atoms with van der Waals surface area (Å²) < 4.78 is 6.75. The van der Waals surface area contributed by atoms with Gasteiger partial charge in [0.25, 0.3) is 0 Å². The second kappa shape index (κ2) is 12.2. The molecule has 9 heteroatoms. The molecule has 1 unspecified atom stereocenters. The standard InChI is InChI=1S/C17H13BrN2O3.C13H10BrNO/c18-12-6-7-14(19)13(10-12)17(22,11-4-2-1-3-5-11)15-8-9-20-16(21)23-15;14-10-6-7-12(15)11(8-10)13(16)9-4-2-1-3-5-9/h1-10,22H,19H2;1-8H,15H2. The topological polar surface area (TPSA) is 132 Å². The van der Waals surface area contributed by atoms with Gasteiger partial charge in [0, 0.05) is 43.2 Å². The quantitative estimate of drug-likeness (QED) is 0.159. The van der Waals surface area contributed by atoms with Gasteiger partial charge in [-0.25, -0.2) is 4.79 Å². The second-order valence-corrected chi connectivity index (χ2v) is 10.2. The lowest BCUT2D eigenvalue weighted by Gasteiger charge is -2.29. The number of halogens is 2. The molecular formula is C30H23Br2N3O4. The summed E-state index contributed by atoms with van der Waals surface area (Å²) in [4.78, 5) is 27.1. The molecule has 196 valence electrons. The van der Waals surface area contributed by atoms with Crippen molar-refractivity contribution in [2.45, 2.75) is 5.60 Å². The normalized spacial score (nSPS) is 12.1. The summed E-state index contributed by atoms with van der Waals surface area (Å²) in [6.45, 7) is 0. The summed E-state index contributed by atoms with van der Waals surface area (Å²) in [7, 11) is 0. The highest BCUT2D eigenvalue weighted by Crippen LogP contribution is 2.39. The molecule has 0 aliphatic rings. The van der Waals surface area contributed by atoms with E-state index in [0.717, 1.165) is 8.95 Å². The van der Waals surface area contributed by atoms with Gasteiger partial charge in [-0.3, -0.25) is 4.79 Å². The van der Waals surface area contributed by atoms with Gasteiger partial charge in [0.1, 0.15) is 0 Å². The zero-order chi connectivity index (χ0) is 28.0. The Balaban J connectivity index is 0.000000193. The monoisotopic (exact) mass is 647 g/mol. The van der Waals surface area contributed by atoms with Crippen LogP contribution < -0.4 is 17.2 Å². The van der Waals surface area contributed by atoms with Crippen LogP contribution in [0.3, 0.4) is 0 Å². The smallest absolute Gasteiger partial charge is 0.409 e. The molecule has 39 heavy (non-hydrogen) atoms. The number of aromatic nitrogens is 1. The average Bonchev–Trinajstić information content (AvgIpc) is 2.96. The molecule has 0 aliphatic heterocycles. The fraction of sp³-hybridized carbons (Fsp3) is 0.0333. The third-order valence-corrected chi connectivity index (χ3v) is 6.84. The largest absolute Gasteiger partial charge is 0.438 e. The maximum atomic E-state index is 12.1. The van der Waals surface area contributed by atoms with Crippen molar-refractivity contribution in [1.29, 1.82) is 0 Å². The minimum Gasteiger partial charge on any atom is -0.409 e. The number of nitrogen functional groups attached to an aromatic ring is 2. The lowest BCUT2D eigenvalue weighted by Crippen LogP contribution is -2.31. The summed E-state index contributed by atoms with van der Waals surface area (Å²) in [5, 5.41) is 11.5. The minimum atomic E-state index is -1.71. The Morgan fingerprint density at radius 3 is 2.03 bits per heavy atom. The fourth-order valence-electron chi connectivity index (χ4n) is 3.94. The molecule has 0 fully saturated rings. The van der Waals surface area contributed by atoms with Gasteiger partial charge in [-0.05, 0) is 48.0 Å². The molecule has 5 aromatic rings. The van der Waals surface area contributed by atoms with Crippen LogP contribution in [-0.2, 0) is 5.60 Å². The molecule has 0 radical (unpaired) electrons. The van der Waals surface area contributed by atoms with Crippen molar-refractivity contribution in [3.05, 3.63) is 157 Å². The predicted octanol–water partition coefficient (Wildman–Crippen LogP) is 5.93. The molecule has 0 spiro atoms. The first-order valence-electron chi connectivity index (χ1n) is 11.6. The molecule has 0 saturated carbocycles. The Morgan fingerprint density at radius 2 is 1.38 bits per heavy atom. The van der Waals surface area contributed by atoms with Crippen LogP contribution in [0.15, 0.2) is 127 Å². The van der Waals surface area contributed by atoms with Crippen LogP contribution >= 0.6 is 31.9 Å². The Morgan fingerprint density at radius 1 is 0.795 bits per heavy atom. The van der Waals surface area contributed by atoms with Gasteiger partial charge in [0.05, 0.1) is 0 Å². The van der Waals surface area contributed by atoms with E-state index in [2.05, 4.69) is 36.8 Å². The van der Waals surface area contributed by atoms with Crippen molar-refractivity contribution in [3.8, 4) is 0 Å². The third-order valence-electron chi connectivity index (χ3n) is 5.85. The highest BCUT2D eigenvalue weighted by molar-refractivity contribution is 9.10. The van der Waals surface area contributed by atoms with E-state index in [0.29, 0.717) is 33.6 Å². The molecule has 0 bridgehead atoms. The van der Waals surface area contributed by atoms with Gasteiger partial charge in [-0.1, -0.05) is 92.5 Å². The number of hydrogen-bond acceptors (Lipinski definition) is 7. The Kier molecular flexibility index (Phi) is 8.75. The molecule has 0 saturated heterocycles. The number of ketones is 1. The van der Waals surface area contributed by atoms with Gasteiger partial charge < -0.3 is 21.0 Å². The Labute approximate surface area is 241 Å². The first-order chi connectivity index (χ1) is 18.7. The molecule has 1 atom stereocenters. The maximum Gasteiger partial charge on any atom is 0.438 e. The molecule has 0 aliphatic carbocycles. The van der Waals surface area contributed by atoms with E-state index >= 15 is 0 Å². The van der Waals surface area contributed by atoms with E-state index in [4.69, 9.17) is 15.9 Å². The third kappa shape index (κ3) is 6.34. The highest BCUT2D eigenvalue weighted by Gasteiger charge is 2.38. The predicted molar refractivity (Wildman–Crippen MR) is 158 cm³/mol. The van der Waals surface area contributed by atoms with Gasteiger partial charge in [0.15, 0.2) is 17.1 Å². The summed E-state index contributed by atoms with van der Waals surface area (Å²) in [6.07, 6.45) is 1.29. The van der Waals surface area contributed by atoms with E-state index in [1.807, 2.05) is 30.3 Å². The van der Waals surface area contributed by atoms with Gasteiger partial charge >= 0.3 is 5.76 Å². The zero-order valence-corrected chi connectivity index (χ0v) is 23.6. The van der Waals surface area contributed by atoms with Crippen LogP contribution in [0.5, 0.6) is 0 Å². The van der Waals surface area contributed by atoms with E-state index in [1.165, 1.54) is 12.3 Å². The lowest BCUT2D eigenvalue weighted by molar-refractivity contribution is 0.0942. The number of benzene rings is 4. The van der Waals surface area contributed by atoms with E-state index in [9.17, 15) is 14.7 Å². The van der Waals surface area contributed by atoms with Crippen LogP contribution in [-0.4, -0.2) is 15.9 Å². The van der Waals surface area contributed by atoms with Crippen molar-refractivity contribution in [2.75, 3.05) is 11.5 Å². The van der Waals surface area contributed by atoms with Crippen LogP contribution in [0.25, 0.3) is 0 Å². The average molecular weight is 649 g/mol. The van der Waals surface area contributed by atoms with E-state index in [-0.39, 0.29) is 11.5 Å². The first kappa shape index (κ1) is 28.0. The number of hydrogen-bond donors (Lipinski definition) is 3. The van der Waals surface area contributed by atoms with Crippen molar-refractivity contribution in [2.24, 2.45) is 0 Å².